The molecule has 0 aliphatic carbocycles. The van der Waals surface area contributed by atoms with E-state index in [4.69, 9.17) is 9.47 Å². The molecule has 34 heavy (non-hydrogen) atoms. The minimum atomic E-state index is -0.647. The Balaban J connectivity index is 1.44. The molecule has 0 radical (unpaired) electrons. The van der Waals surface area contributed by atoms with Gasteiger partial charge in [-0.1, -0.05) is 59.9 Å². The van der Waals surface area contributed by atoms with Crippen molar-refractivity contribution in [1.82, 2.24) is 15.2 Å². The summed E-state index contributed by atoms with van der Waals surface area (Å²) in [5, 5.41) is 11.4. The Hall–Kier alpha value is -4.18. The quantitative estimate of drug-likeness (QED) is 0.383. The van der Waals surface area contributed by atoms with Crippen LogP contribution in [0.5, 0.6) is 0 Å². The van der Waals surface area contributed by atoms with Crippen molar-refractivity contribution in [3.8, 4) is 11.3 Å². The number of hydrogen-bond acceptors (Lipinski definition) is 9. The third kappa shape index (κ3) is 5.59. The zero-order valence-corrected chi connectivity index (χ0v) is 19.0. The van der Waals surface area contributed by atoms with E-state index in [-0.39, 0.29) is 18.2 Å². The van der Waals surface area contributed by atoms with Crippen LogP contribution in [-0.4, -0.2) is 46.2 Å². The molecule has 2 heterocycles. The standard InChI is InChI=1S/C24H20N4O5S/c1-2-32-22(30)13-21-27-28-24(34-21)26-20(29)14-33-23(31)17-12-19(15-8-4-3-5-9-15)25-18-11-7-6-10-16(17)18/h3-12H,2,13-14H2,1H3,(H,26,28,29). The van der Waals surface area contributed by atoms with Crippen molar-refractivity contribution in [2.75, 3.05) is 18.5 Å². The number of esters is 2. The second-order valence-electron chi connectivity index (χ2n) is 7.05. The van der Waals surface area contributed by atoms with Gasteiger partial charge < -0.3 is 9.47 Å². The number of carbonyl (C=O) groups excluding carboxylic acids is 3. The van der Waals surface area contributed by atoms with E-state index in [0.717, 1.165) is 16.9 Å². The summed E-state index contributed by atoms with van der Waals surface area (Å²) in [5.74, 6) is -1.65. The van der Waals surface area contributed by atoms with E-state index in [1.807, 2.05) is 42.5 Å². The van der Waals surface area contributed by atoms with Gasteiger partial charge in [0.25, 0.3) is 5.91 Å². The first kappa shape index (κ1) is 23.0. The van der Waals surface area contributed by atoms with Crippen molar-refractivity contribution >= 4 is 45.2 Å². The van der Waals surface area contributed by atoms with E-state index < -0.39 is 24.5 Å². The maximum Gasteiger partial charge on any atom is 0.339 e. The van der Waals surface area contributed by atoms with Crippen LogP contribution < -0.4 is 5.32 Å². The minimum absolute atomic E-state index is 0.0325. The third-order valence-electron chi connectivity index (χ3n) is 4.65. The molecule has 172 valence electrons. The van der Waals surface area contributed by atoms with E-state index in [1.54, 1.807) is 25.1 Å². The lowest BCUT2D eigenvalue weighted by atomic mass is 10.0. The topological polar surface area (TPSA) is 120 Å². The van der Waals surface area contributed by atoms with Crippen LogP contribution in [0.3, 0.4) is 0 Å². The number of benzene rings is 2. The normalized spacial score (nSPS) is 10.6. The van der Waals surface area contributed by atoms with E-state index in [1.165, 1.54) is 0 Å². The summed E-state index contributed by atoms with van der Waals surface area (Å²) in [4.78, 5) is 41.3. The van der Waals surface area contributed by atoms with Gasteiger partial charge in [0, 0.05) is 10.9 Å². The molecule has 10 heteroatoms. The smallest absolute Gasteiger partial charge is 0.339 e. The Kier molecular flexibility index (Phi) is 7.19. The first-order valence-corrected chi connectivity index (χ1v) is 11.3. The number of carbonyl (C=O) groups is 3. The Bertz CT molecular complexity index is 1340. The highest BCUT2D eigenvalue weighted by molar-refractivity contribution is 7.15. The highest BCUT2D eigenvalue weighted by Gasteiger charge is 2.18. The second kappa shape index (κ2) is 10.6. The van der Waals surface area contributed by atoms with E-state index >= 15 is 0 Å². The fourth-order valence-corrected chi connectivity index (χ4v) is 3.92. The molecule has 4 aromatic rings. The summed E-state index contributed by atoms with van der Waals surface area (Å²) in [5.41, 5.74) is 2.43. The highest BCUT2D eigenvalue weighted by atomic mass is 32.1. The number of para-hydroxylation sites is 1. The average Bonchev–Trinajstić information content (AvgIpc) is 3.28. The molecule has 2 aromatic carbocycles. The second-order valence-corrected chi connectivity index (χ2v) is 8.11. The van der Waals surface area contributed by atoms with Gasteiger partial charge in [-0.05, 0) is 19.1 Å². The number of amides is 1. The Labute approximate surface area is 198 Å². The molecule has 4 rings (SSSR count). The van der Waals surface area contributed by atoms with E-state index in [9.17, 15) is 14.4 Å². The number of nitrogens with one attached hydrogen (secondary N) is 1. The highest BCUT2D eigenvalue weighted by Crippen LogP contribution is 2.25. The Morgan fingerprint density at radius 2 is 1.74 bits per heavy atom. The maximum absolute atomic E-state index is 12.9. The molecular weight excluding hydrogens is 456 g/mol. The molecule has 0 saturated carbocycles. The molecule has 0 saturated heterocycles. The number of aromatic nitrogens is 3. The number of fused-ring (bicyclic) bond motifs is 1. The molecule has 0 unspecified atom stereocenters. The Morgan fingerprint density at radius 3 is 2.53 bits per heavy atom. The van der Waals surface area contributed by atoms with Gasteiger partial charge in [0.1, 0.15) is 5.01 Å². The largest absolute Gasteiger partial charge is 0.466 e. The SMILES string of the molecule is CCOC(=O)Cc1nnc(NC(=O)COC(=O)c2cc(-c3ccccc3)nc3ccccc23)s1. The van der Waals surface area contributed by atoms with Gasteiger partial charge in [-0.15, -0.1) is 10.2 Å². The fraction of sp³-hybridized carbons (Fsp3) is 0.167. The number of hydrogen-bond donors (Lipinski definition) is 1. The van der Waals surface area contributed by atoms with Crippen LogP contribution in [0.2, 0.25) is 0 Å². The van der Waals surface area contributed by atoms with Crippen molar-refractivity contribution in [2.45, 2.75) is 13.3 Å². The van der Waals surface area contributed by atoms with Crippen LogP contribution in [0.25, 0.3) is 22.2 Å². The minimum Gasteiger partial charge on any atom is -0.466 e. The monoisotopic (exact) mass is 476 g/mol. The van der Waals surface area contributed by atoms with Gasteiger partial charge in [0.2, 0.25) is 5.13 Å². The van der Waals surface area contributed by atoms with Crippen LogP contribution in [0.1, 0.15) is 22.3 Å². The summed E-state index contributed by atoms with van der Waals surface area (Å²) in [6, 6.07) is 18.4. The van der Waals surface area contributed by atoms with Crippen molar-refractivity contribution in [1.29, 1.82) is 0 Å². The molecule has 2 aromatic heterocycles. The van der Waals surface area contributed by atoms with Gasteiger partial charge in [-0.3, -0.25) is 14.9 Å². The predicted molar refractivity (Wildman–Crippen MR) is 126 cm³/mol. The summed E-state index contributed by atoms with van der Waals surface area (Å²) in [6.07, 6.45) is -0.0325. The maximum atomic E-state index is 12.9. The molecule has 0 aliphatic rings. The molecule has 0 atom stereocenters. The molecule has 1 amide bonds. The lowest BCUT2D eigenvalue weighted by Crippen LogP contribution is -2.21. The zero-order chi connectivity index (χ0) is 23.9. The van der Waals surface area contributed by atoms with Gasteiger partial charge in [0.15, 0.2) is 6.61 Å². The van der Waals surface area contributed by atoms with Crippen molar-refractivity contribution in [3.63, 3.8) is 0 Å². The van der Waals surface area contributed by atoms with Crippen LogP contribution in [-0.2, 0) is 25.5 Å². The number of rotatable bonds is 8. The van der Waals surface area contributed by atoms with Crippen LogP contribution in [0.15, 0.2) is 60.7 Å². The zero-order valence-electron chi connectivity index (χ0n) is 18.2. The van der Waals surface area contributed by atoms with Gasteiger partial charge in [0.05, 0.1) is 29.8 Å². The predicted octanol–water partition coefficient (Wildman–Crippen LogP) is 3.65. The van der Waals surface area contributed by atoms with E-state index in [2.05, 4.69) is 20.5 Å². The van der Waals surface area contributed by atoms with Crippen LogP contribution in [0.4, 0.5) is 5.13 Å². The van der Waals surface area contributed by atoms with Crippen molar-refractivity contribution in [2.24, 2.45) is 0 Å². The fourth-order valence-electron chi connectivity index (χ4n) is 3.18. The van der Waals surface area contributed by atoms with Gasteiger partial charge in [-0.25, -0.2) is 9.78 Å². The average molecular weight is 477 g/mol. The van der Waals surface area contributed by atoms with Crippen molar-refractivity contribution in [3.05, 3.63) is 71.2 Å². The number of pyridine rings is 1. The summed E-state index contributed by atoms with van der Waals surface area (Å²) >= 11 is 1.04. The molecular formula is C24H20N4O5S. The lowest BCUT2D eigenvalue weighted by molar-refractivity contribution is -0.142. The molecule has 1 N–H and O–H groups in total. The number of anilines is 1. The third-order valence-corrected chi connectivity index (χ3v) is 5.49. The molecule has 0 fully saturated rings. The van der Waals surface area contributed by atoms with Gasteiger partial charge >= 0.3 is 11.9 Å². The van der Waals surface area contributed by atoms with Crippen LogP contribution >= 0.6 is 11.3 Å². The molecule has 0 spiro atoms. The molecule has 0 aliphatic heterocycles. The van der Waals surface area contributed by atoms with Gasteiger partial charge in [-0.2, -0.15) is 0 Å². The first-order chi connectivity index (χ1) is 16.5. The molecule has 0 bridgehead atoms. The number of nitrogens with zero attached hydrogens (tertiary/aromatic N) is 3. The Morgan fingerprint density at radius 1 is 0.971 bits per heavy atom. The summed E-state index contributed by atoms with van der Waals surface area (Å²) in [6.45, 7) is 1.47. The molecule has 9 nitrogen and oxygen atoms in total. The lowest BCUT2D eigenvalue weighted by Gasteiger charge is -2.10. The van der Waals surface area contributed by atoms with Crippen LogP contribution in [0, 0.1) is 0 Å². The first-order valence-electron chi connectivity index (χ1n) is 10.4. The number of ether oxygens (including phenoxy) is 2. The van der Waals surface area contributed by atoms with Crippen molar-refractivity contribution < 1.29 is 23.9 Å². The van der Waals surface area contributed by atoms with E-state index in [0.29, 0.717) is 27.2 Å². The summed E-state index contributed by atoms with van der Waals surface area (Å²) in [7, 11) is 0. The summed E-state index contributed by atoms with van der Waals surface area (Å²) < 4.78 is 10.1.